The summed E-state index contributed by atoms with van der Waals surface area (Å²) >= 11 is 0. The van der Waals surface area contributed by atoms with Gasteiger partial charge in [-0.2, -0.15) is 0 Å². The molecule has 1 N–H and O–H groups in total. The Morgan fingerprint density at radius 1 is 1.56 bits per heavy atom. The zero-order valence-electron chi connectivity index (χ0n) is 5.08. The van der Waals surface area contributed by atoms with Crippen molar-refractivity contribution in [3.05, 3.63) is 0 Å². The van der Waals surface area contributed by atoms with E-state index < -0.39 is 0 Å². The molecular formula is C5H10O4. The average molecular weight is 134 g/mol. The molecule has 1 unspecified atom stereocenters. The molecule has 1 saturated heterocycles. The summed E-state index contributed by atoms with van der Waals surface area (Å²) in [7, 11) is 0. The molecule has 0 saturated carbocycles. The maximum Gasteiger partial charge on any atom is 0.101 e. The smallest absolute Gasteiger partial charge is 0.101 e. The molecule has 0 aromatic heterocycles. The number of hydrogen-bond donors (Lipinski definition) is 1. The molecule has 0 aromatic carbocycles. The lowest BCUT2D eigenvalue weighted by atomic mass is 10.2. The lowest BCUT2D eigenvalue weighted by Gasteiger charge is -2.18. The second-order valence-electron chi connectivity index (χ2n) is 1.91. The van der Waals surface area contributed by atoms with Crippen molar-refractivity contribution in [3.8, 4) is 0 Å². The number of aliphatic hydroxyl groups is 1. The van der Waals surface area contributed by atoms with Crippen LogP contribution in [0, 0.1) is 0 Å². The Bertz CT molecular complexity index is 66.6. The van der Waals surface area contributed by atoms with Gasteiger partial charge in [0.15, 0.2) is 0 Å². The molecule has 0 amide bonds. The normalized spacial score (nSPS) is 28.3. The van der Waals surface area contributed by atoms with E-state index >= 15 is 0 Å². The minimum Gasteiger partial charge on any atom is -0.396 e. The molecule has 1 heterocycles. The van der Waals surface area contributed by atoms with Crippen LogP contribution in [0.25, 0.3) is 0 Å². The fourth-order valence-electron chi connectivity index (χ4n) is 0.681. The van der Waals surface area contributed by atoms with Gasteiger partial charge in [-0.25, -0.2) is 9.78 Å². The van der Waals surface area contributed by atoms with Crippen LogP contribution in [-0.2, 0) is 14.8 Å². The third-order valence-corrected chi connectivity index (χ3v) is 1.20. The van der Waals surface area contributed by atoms with E-state index in [1.54, 1.807) is 0 Å². The van der Waals surface area contributed by atoms with Crippen molar-refractivity contribution < 1.29 is 19.9 Å². The van der Waals surface area contributed by atoms with Crippen LogP contribution in [0.5, 0.6) is 0 Å². The van der Waals surface area contributed by atoms with E-state index in [9.17, 15) is 0 Å². The summed E-state index contributed by atoms with van der Waals surface area (Å²) in [5, 5.41) is 12.7. The SMILES string of the molecule is OCCC1CCOOO1. The van der Waals surface area contributed by atoms with Crippen LogP contribution in [0.2, 0.25) is 0 Å². The highest BCUT2D eigenvalue weighted by atomic mass is 17.5. The third kappa shape index (κ3) is 2.28. The van der Waals surface area contributed by atoms with E-state index in [1.165, 1.54) is 0 Å². The van der Waals surface area contributed by atoms with Gasteiger partial charge in [0.2, 0.25) is 0 Å². The van der Waals surface area contributed by atoms with Crippen LogP contribution >= 0.6 is 0 Å². The fourth-order valence-corrected chi connectivity index (χ4v) is 0.681. The summed E-state index contributed by atoms with van der Waals surface area (Å²) in [4.78, 5) is 9.08. The van der Waals surface area contributed by atoms with Gasteiger partial charge in [0.25, 0.3) is 0 Å². The molecule has 1 aliphatic heterocycles. The van der Waals surface area contributed by atoms with Gasteiger partial charge in [-0.3, -0.25) is 0 Å². The molecule has 0 radical (unpaired) electrons. The molecular weight excluding hydrogens is 124 g/mol. The van der Waals surface area contributed by atoms with E-state index in [2.05, 4.69) is 14.8 Å². The van der Waals surface area contributed by atoms with Crippen LogP contribution in [-0.4, -0.2) is 24.4 Å². The topological polar surface area (TPSA) is 47.9 Å². The second-order valence-corrected chi connectivity index (χ2v) is 1.91. The highest BCUT2D eigenvalue weighted by Gasteiger charge is 2.14. The van der Waals surface area contributed by atoms with Crippen molar-refractivity contribution in [2.75, 3.05) is 13.2 Å². The Morgan fingerprint density at radius 3 is 3.00 bits per heavy atom. The van der Waals surface area contributed by atoms with E-state index in [-0.39, 0.29) is 12.7 Å². The first-order chi connectivity index (χ1) is 4.43. The Balaban J connectivity index is 2.08. The predicted octanol–water partition coefficient (Wildman–Crippen LogP) is 0.0209. The quantitative estimate of drug-likeness (QED) is 0.541. The van der Waals surface area contributed by atoms with Gasteiger partial charge in [-0.1, -0.05) is 5.04 Å². The Labute approximate surface area is 53.2 Å². The molecule has 1 aliphatic rings. The monoisotopic (exact) mass is 134 g/mol. The van der Waals surface area contributed by atoms with Crippen LogP contribution in [0.3, 0.4) is 0 Å². The van der Waals surface area contributed by atoms with Gasteiger partial charge >= 0.3 is 0 Å². The zero-order valence-corrected chi connectivity index (χ0v) is 5.08. The number of aliphatic hydroxyl groups excluding tert-OH is 1. The van der Waals surface area contributed by atoms with Crippen molar-refractivity contribution in [2.24, 2.45) is 0 Å². The van der Waals surface area contributed by atoms with Crippen molar-refractivity contribution >= 4 is 0 Å². The zero-order chi connectivity index (χ0) is 6.53. The molecule has 0 bridgehead atoms. The standard InChI is InChI=1S/C5H10O4/c6-3-1-5-2-4-7-9-8-5/h5-6H,1-4H2. The molecule has 1 fully saturated rings. The maximum atomic E-state index is 8.44. The molecule has 1 atom stereocenters. The molecule has 4 nitrogen and oxygen atoms in total. The summed E-state index contributed by atoms with van der Waals surface area (Å²) < 4.78 is 0. The number of rotatable bonds is 2. The first-order valence-electron chi connectivity index (χ1n) is 2.99. The van der Waals surface area contributed by atoms with E-state index in [0.717, 1.165) is 6.42 Å². The van der Waals surface area contributed by atoms with Crippen LogP contribution in [0.1, 0.15) is 12.8 Å². The molecule has 0 aliphatic carbocycles. The number of hydrogen-bond acceptors (Lipinski definition) is 4. The first kappa shape index (κ1) is 6.95. The maximum absolute atomic E-state index is 8.44. The highest BCUT2D eigenvalue weighted by Crippen LogP contribution is 2.09. The van der Waals surface area contributed by atoms with Gasteiger partial charge in [-0.05, 0) is 0 Å². The van der Waals surface area contributed by atoms with Gasteiger partial charge in [0, 0.05) is 19.4 Å². The average Bonchev–Trinajstić information content (AvgIpc) is 1.91. The van der Waals surface area contributed by atoms with Gasteiger partial charge in [-0.15, -0.1) is 0 Å². The van der Waals surface area contributed by atoms with Crippen molar-refractivity contribution in [2.45, 2.75) is 18.9 Å². The van der Waals surface area contributed by atoms with Gasteiger partial charge in [0.05, 0.1) is 6.61 Å². The first-order valence-corrected chi connectivity index (χ1v) is 2.99. The summed E-state index contributed by atoms with van der Waals surface area (Å²) in [5.41, 5.74) is 0. The third-order valence-electron chi connectivity index (χ3n) is 1.20. The lowest BCUT2D eigenvalue weighted by Crippen LogP contribution is -2.22. The minimum atomic E-state index is 0.00347. The summed E-state index contributed by atoms with van der Waals surface area (Å²) in [6, 6.07) is 0. The molecule has 9 heavy (non-hydrogen) atoms. The Morgan fingerprint density at radius 2 is 2.44 bits per heavy atom. The summed E-state index contributed by atoms with van der Waals surface area (Å²) in [6.45, 7) is 0.679. The van der Waals surface area contributed by atoms with Crippen LogP contribution in [0.4, 0.5) is 0 Å². The van der Waals surface area contributed by atoms with Crippen LogP contribution < -0.4 is 0 Å². The van der Waals surface area contributed by atoms with Crippen molar-refractivity contribution in [3.63, 3.8) is 0 Å². The molecule has 0 spiro atoms. The minimum absolute atomic E-state index is 0.00347. The molecule has 54 valence electrons. The fraction of sp³-hybridized carbons (Fsp3) is 1.00. The Hall–Kier alpha value is -0.160. The van der Waals surface area contributed by atoms with Crippen molar-refractivity contribution in [1.29, 1.82) is 0 Å². The second kappa shape index (κ2) is 3.79. The Kier molecular flexibility index (Phi) is 2.93. The van der Waals surface area contributed by atoms with E-state index in [0.29, 0.717) is 13.0 Å². The van der Waals surface area contributed by atoms with E-state index in [1.807, 2.05) is 0 Å². The molecule has 1 rings (SSSR count). The predicted molar refractivity (Wildman–Crippen MR) is 28.2 cm³/mol. The summed E-state index contributed by atoms with van der Waals surface area (Å²) in [6.07, 6.45) is 1.41. The highest BCUT2D eigenvalue weighted by molar-refractivity contribution is 4.54. The van der Waals surface area contributed by atoms with Crippen molar-refractivity contribution in [1.82, 2.24) is 0 Å². The lowest BCUT2D eigenvalue weighted by molar-refractivity contribution is -0.549. The van der Waals surface area contributed by atoms with Crippen LogP contribution in [0.15, 0.2) is 0 Å². The van der Waals surface area contributed by atoms with Gasteiger partial charge in [0.1, 0.15) is 6.10 Å². The molecule has 0 aromatic rings. The largest absolute Gasteiger partial charge is 0.396 e. The van der Waals surface area contributed by atoms with E-state index in [4.69, 9.17) is 5.11 Å². The summed E-state index contributed by atoms with van der Waals surface area (Å²) in [5.74, 6) is 0. The van der Waals surface area contributed by atoms with Gasteiger partial charge < -0.3 is 5.11 Å². The molecule has 4 heteroatoms.